The van der Waals surface area contributed by atoms with Crippen molar-refractivity contribution >= 4 is 5.97 Å². The van der Waals surface area contributed by atoms with Gasteiger partial charge in [-0.25, -0.2) is 9.78 Å². The Bertz CT molecular complexity index is 473. The van der Waals surface area contributed by atoms with Gasteiger partial charge in [0.2, 0.25) is 0 Å². The lowest BCUT2D eigenvalue weighted by molar-refractivity contribution is 0.0692. The van der Waals surface area contributed by atoms with Crippen LogP contribution in [0.4, 0.5) is 0 Å². The average Bonchev–Trinajstić information content (AvgIpc) is 2.67. The number of aromatic nitrogens is 2. The fourth-order valence-electron chi connectivity index (χ4n) is 2.31. The molecule has 0 unspecified atom stereocenters. The normalized spacial score (nSPS) is 16.6. The first-order valence-corrected chi connectivity index (χ1v) is 5.43. The number of H-pyrrole nitrogens is 1. The van der Waals surface area contributed by atoms with Gasteiger partial charge in [-0.05, 0) is 19.8 Å². The zero-order chi connectivity index (χ0) is 11.7. The van der Waals surface area contributed by atoms with Crippen LogP contribution in [0.25, 0.3) is 0 Å². The largest absolute Gasteiger partial charge is 0.477 e. The van der Waals surface area contributed by atoms with Gasteiger partial charge in [0, 0.05) is 5.92 Å². The van der Waals surface area contributed by atoms with Crippen molar-refractivity contribution < 1.29 is 9.90 Å². The molecule has 1 fully saturated rings. The van der Waals surface area contributed by atoms with Crippen molar-refractivity contribution in [2.45, 2.75) is 38.5 Å². The summed E-state index contributed by atoms with van der Waals surface area (Å²) in [6.07, 6.45) is 4.01. The molecule has 0 spiro atoms. The zero-order valence-electron chi connectivity index (χ0n) is 9.12. The molecule has 2 N–H and O–H groups in total. The summed E-state index contributed by atoms with van der Waals surface area (Å²) in [7, 11) is 0. The van der Waals surface area contributed by atoms with E-state index in [0.29, 0.717) is 11.5 Å². The third-order valence-corrected chi connectivity index (χ3v) is 3.02. The molecular formula is C11H14N2O3. The lowest BCUT2D eigenvalue weighted by Crippen LogP contribution is -2.24. The number of aromatic carboxylic acids is 1. The van der Waals surface area contributed by atoms with Crippen LogP contribution in [0.15, 0.2) is 4.79 Å². The third-order valence-electron chi connectivity index (χ3n) is 3.02. The van der Waals surface area contributed by atoms with Crippen molar-refractivity contribution in [2.24, 2.45) is 0 Å². The molecule has 1 aliphatic rings. The lowest BCUT2D eigenvalue weighted by atomic mass is 9.99. The van der Waals surface area contributed by atoms with Gasteiger partial charge in [-0.15, -0.1) is 0 Å². The van der Waals surface area contributed by atoms with E-state index in [9.17, 15) is 9.59 Å². The molecule has 86 valence electrons. The van der Waals surface area contributed by atoms with Crippen LogP contribution in [0.3, 0.4) is 0 Å². The van der Waals surface area contributed by atoms with Gasteiger partial charge in [0.15, 0.2) is 0 Å². The minimum absolute atomic E-state index is 0.132. The molecule has 1 heterocycles. The Balaban J connectivity index is 2.56. The van der Waals surface area contributed by atoms with Crippen LogP contribution in [0.2, 0.25) is 0 Å². The monoisotopic (exact) mass is 222 g/mol. The van der Waals surface area contributed by atoms with Gasteiger partial charge >= 0.3 is 5.97 Å². The highest BCUT2D eigenvalue weighted by Crippen LogP contribution is 2.33. The van der Waals surface area contributed by atoms with E-state index in [1.54, 1.807) is 6.92 Å². The van der Waals surface area contributed by atoms with Crippen LogP contribution in [-0.4, -0.2) is 21.0 Å². The quantitative estimate of drug-likeness (QED) is 0.793. The van der Waals surface area contributed by atoms with E-state index in [1.165, 1.54) is 0 Å². The number of carbonyl (C=O) groups is 1. The fraction of sp³-hybridized carbons (Fsp3) is 0.545. The molecule has 16 heavy (non-hydrogen) atoms. The van der Waals surface area contributed by atoms with Crippen molar-refractivity contribution in [1.29, 1.82) is 0 Å². The zero-order valence-corrected chi connectivity index (χ0v) is 9.12. The summed E-state index contributed by atoms with van der Waals surface area (Å²) in [4.78, 5) is 29.3. The Morgan fingerprint density at radius 1 is 1.44 bits per heavy atom. The lowest BCUT2D eigenvalue weighted by Gasteiger charge is -2.11. The first kappa shape index (κ1) is 10.9. The molecule has 0 amide bonds. The molecule has 2 rings (SSSR count). The van der Waals surface area contributed by atoms with E-state index < -0.39 is 11.5 Å². The summed E-state index contributed by atoms with van der Waals surface area (Å²) in [5, 5.41) is 9.04. The van der Waals surface area contributed by atoms with E-state index in [1.807, 2.05) is 0 Å². The molecule has 0 saturated heterocycles. The Labute approximate surface area is 92.5 Å². The molecule has 0 atom stereocenters. The smallest absolute Gasteiger partial charge is 0.343 e. The highest BCUT2D eigenvalue weighted by atomic mass is 16.4. The van der Waals surface area contributed by atoms with E-state index in [0.717, 1.165) is 25.7 Å². The summed E-state index contributed by atoms with van der Waals surface area (Å²) in [6.45, 7) is 1.67. The van der Waals surface area contributed by atoms with Crippen molar-refractivity contribution in [2.75, 3.05) is 0 Å². The van der Waals surface area contributed by atoms with Crippen molar-refractivity contribution in [3.05, 3.63) is 27.4 Å². The van der Waals surface area contributed by atoms with Gasteiger partial charge in [-0.3, -0.25) is 4.79 Å². The minimum Gasteiger partial charge on any atom is -0.477 e. The molecule has 0 aliphatic heterocycles. The standard InChI is InChI=1S/C11H14N2O3/c1-6-12-9(7-4-2-3-5-7)8(11(15)16)10(14)13-6/h7H,2-5H2,1H3,(H,15,16)(H,12,13,14). The first-order chi connectivity index (χ1) is 7.59. The SMILES string of the molecule is Cc1nc(C2CCCC2)c(C(=O)O)c(=O)[nH]1. The van der Waals surface area contributed by atoms with Gasteiger partial charge in [0.05, 0.1) is 5.69 Å². The van der Waals surface area contributed by atoms with Crippen molar-refractivity contribution in [3.63, 3.8) is 0 Å². The molecule has 0 bridgehead atoms. The van der Waals surface area contributed by atoms with Gasteiger partial charge in [-0.2, -0.15) is 0 Å². The van der Waals surface area contributed by atoms with Crippen LogP contribution in [0.5, 0.6) is 0 Å². The van der Waals surface area contributed by atoms with Crippen molar-refractivity contribution in [1.82, 2.24) is 9.97 Å². The maximum Gasteiger partial charge on any atom is 0.343 e. The Morgan fingerprint density at radius 3 is 2.62 bits per heavy atom. The number of aromatic amines is 1. The Kier molecular flexibility index (Phi) is 2.77. The van der Waals surface area contributed by atoms with Crippen LogP contribution < -0.4 is 5.56 Å². The second kappa shape index (κ2) is 4.08. The number of carboxylic acids is 1. The van der Waals surface area contributed by atoms with Gasteiger partial charge in [0.25, 0.3) is 5.56 Å². The molecule has 5 nitrogen and oxygen atoms in total. The Hall–Kier alpha value is -1.65. The highest BCUT2D eigenvalue weighted by molar-refractivity contribution is 5.88. The molecule has 0 radical (unpaired) electrons. The first-order valence-electron chi connectivity index (χ1n) is 5.43. The second-order valence-corrected chi connectivity index (χ2v) is 4.20. The summed E-state index contributed by atoms with van der Waals surface area (Å²) >= 11 is 0. The van der Waals surface area contributed by atoms with Crippen LogP contribution in [0, 0.1) is 6.92 Å². The number of hydrogen-bond donors (Lipinski definition) is 2. The number of rotatable bonds is 2. The summed E-state index contributed by atoms with van der Waals surface area (Å²) in [5.41, 5.74) is -0.259. The molecule has 5 heteroatoms. The number of hydrogen-bond acceptors (Lipinski definition) is 3. The maximum absolute atomic E-state index is 11.6. The van der Waals surface area contributed by atoms with Gasteiger partial charge < -0.3 is 10.1 Å². The average molecular weight is 222 g/mol. The summed E-state index contributed by atoms with van der Waals surface area (Å²) < 4.78 is 0. The van der Waals surface area contributed by atoms with Crippen LogP contribution >= 0.6 is 0 Å². The Morgan fingerprint density at radius 2 is 2.06 bits per heavy atom. The van der Waals surface area contributed by atoms with Crippen molar-refractivity contribution in [3.8, 4) is 0 Å². The van der Waals surface area contributed by atoms with E-state index >= 15 is 0 Å². The molecule has 0 aromatic carbocycles. The molecular weight excluding hydrogens is 208 g/mol. The van der Waals surface area contributed by atoms with Gasteiger partial charge in [-0.1, -0.05) is 12.8 Å². The topological polar surface area (TPSA) is 83.0 Å². The molecule has 1 aromatic rings. The van der Waals surface area contributed by atoms with E-state index in [-0.39, 0.29) is 11.5 Å². The second-order valence-electron chi connectivity index (χ2n) is 4.20. The minimum atomic E-state index is -1.18. The maximum atomic E-state index is 11.6. The number of carboxylic acid groups (broad SMARTS) is 1. The number of nitrogens with one attached hydrogen (secondary N) is 1. The predicted molar refractivity (Wildman–Crippen MR) is 57.8 cm³/mol. The fourth-order valence-corrected chi connectivity index (χ4v) is 2.31. The highest BCUT2D eigenvalue weighted by Gasteiger charge is 2.26. The van der Waals surface area contributed by atoms with Crippen LogP contribution in [-0.2, 0) is 0 Å². The van der Waals surface area contributed by atoms with E-state index in [2.05, 4.69) is 9.97 Å². The van der Waals surface area contributed by atoms with Gasteiger partial charge in [0.1, 0.15) is 11.4 Å². The van der Waals surface area contributed by atoms with Crippen LogP contribution in [0.1, 0.15) is 53.5 Å². The van der Waals surface area contributed by atoms with E-state index in [4.69, 9.17) is 5.11 Å². The predicted octanol–water partition coefficient (Wildman–Crippen LogP) is 1.43. The molecule has 1 saturated carbocycles. The molecule has 1 aliphatic carbocycles. The number of aryl methyl sites for hydroxylation is 1. The summed E-state index contributed by atoms with van der Waals surface area (Å²) in [5.74, 6) is -0.570. The molecule has 1 aromatic heterocycles. The summed E-state index contributed by atoms with van der Waals surface area (Å²) in [6, 6.07) is 0. The number of nitrogens with zero attached hydrogens (tertiary/aromatic N) is 1. The third kappa shape index (κ3) is 1.85.